The van der Waals surface area contributed by atoms with Gasteiger partial charge in [0.1, 0.15) is 12.4 Å². The van der Waals surface area contributed by atoms with Crippen molar-refractivity contribution in [2.24, 2.45) is 0 Å². The van der Waals surface area contributed by atoms with E-state index in [9.17, 15) is 13.2 Å². The number of amides is 1. The highest BCUT2D eigenvalue weighted by atomic mass is 35.5. The van der Waals surface area contributed by atoms with Crippen molar-refractivity contribution in [3.05, 3.63) is 24.3 Å². The third kappa shape index (κ3) is 10.4. The number of unbranched alkanes of at least 4 members (excludes halogenated alkanes) is 5. The Labute approximate surface area is 160 Å². The second-order valence-corrected chi connectivity index (χ2v) is 7.47. The zero-order valence-corrected chi connectivity index (χ0v) is 16.6. The summed E-state index contributed by atoms with van der Waals surface area (Å²) in [6, 6.07) is 6.45. The largest absolute Gasteiger partial charge is 0.494 e. The number of halogens is 1. The number of hydrogen-bond donors (Lipinski definition) is 2. The molecule has 0 aromatic heterocycles. The molecule has 0 spiro atoms. The van der Waals surface area contributed by atoms with Gasteiger partial charge in [-0.25, -0.2) is 9.52 Å². The van der Waals surface area contributed by atoms with Crippen LogP contribution in [-0.2, 0) is 14.9 Å². The molecule has 0 aliphatic rings. The highest BCUT2D eigenvalue weighted by molar-refractivity contribution is 7.91. The number of rotatable bonds is 13. The van der Waals surface area contributed by atoms with Crippen LogP contribution < -0.4 is 14.2 Å². The van der Waals surface area contributed by atoms with Gasteiger partial charge in [-0.05, 0) is 30.7 Å². The van der Waals surface area contributed by atoms with Crippen LogP contribution in [0.2, 0.25) is 0 Å². The van der Waals surface area contributed by atoms with E-state index in [-0.39, 0.29) is 12.5 Å². The van der Waals surface area contributed by atoms with Crippen molar-refractivity contribution in [1.82, 2.24) is 4.72 Å². The maximum Gasteiger partial charge on any atom is 0.422 e. The molecule has 1 aromatic carbocycles. The van der Waals surface area contributed by atoms with Crippen molar-refractivity contribution in [2.75, 3.05) is 23.8 Å². The summed E-state index contributed by atoms with van der Waals surface area (Å²) in [5.41, 5.74) is 0.301. The third-order valence-corrected chi connectivity index (χ3v) is 4.50. The van der Waals surface area contributed by atoms with Crippen LogP contribution >= 0.6 is 11.6 Å². The topological polar surface area (TPSA) is 93.7 Å². The van der Waals surface area contributed by atoms with Crippen LogP contribution in [0.4, 0.5) is 10.5 Å². The van der Waals surface area contributed by atoms with E-state index >= 15 is 0 Å². The molecule has 0 saturated heterocycles. The second kappa shape index (κ2) is 12.6. The van der Waals surface area contributed by atoms with Crippen LogP contribution in [0.1, 0.15) is 45.4 Å². The summed E-state index contributed by atoms with van der Waals surface area (Å²) in [4.78, 5) is 11.3. The van der Waals surface area contributed by atoms with Gasteiger partial charge in [0.25, 0.3) is 0 Å². The van der Waals surface area contributed by atoms with Crippen molar-refractivity contribution in [1.29, 1.82) is 0 Å². The maximum atomic E-state index is 11.8. The molecule has 7 nitrogen and oxygen atoms in total. The minimum absolute atomic E-state index is 0.0758. The number of alkyl halides is 1. The fourth-order valence-corrected chi connectivity index (χ4v) is 3.00. The standard InChI is InChI=1S/C17H27ClN2O5S/c1-2-3-4-5-6-7-13-24-16-10-8-15(9-11-16)19-26(22,23)20-17(21)25-14-12-18/h8-11,19H,2-7,12-14H2,1H3,(H,20,21). The Kier molecular flexibility index (Phi) is 10.9. The van der Waals surface area contributed by atoms with E-state index in [1.807, 2.05) is 0 Å². The van der Waals surface area contributed by atoms with Gasteiger partial charge >= 0.3 is 16.3 Å². The lowest BCUT2D eigenvalue weighted by atomic mass is 10.1. The molecular formula is C17H27ClN2O5S. The molecule has 0 bridgehead atoms. The van der Waals surface area contributed by atoms with Crippen LogP contribution in [0, 0.1) is 0 Å². The first-order valence-electron chi connectivity index (χ1n) is 8.73. The van der Waals surface area contributed by atoms with Gasteiger partial charge in [-0.1, -0.05) is 39.0 Å². The molecule has 26 heavy (non-hydrogen) atoms. The van der Waals surface area contributed by atoms with Crippen LogP contribution in [-0.4, -0.2) is 33.6 Å². The first-order valence-corrected chi connectivity index (χ1v) is 10.7. The number of carbonyl (C=O) groups excluding carboxylic acids is 1. The van der Waals surface area contributed by atoms with Crippen molar-refractivity contribution < 1.29 is 22.7 Å². The fourth-order valence-electron chi connectivity index (χ4n) is 2.14. The van der Waals surface area contributed by atoms with E-state index in [2.05, 4.69) is 16.4 Å². The van der Waals surface area contributed by atoms with E-state index in [1.54, 1.807) is 29.0 Å². The van der Waals surface area contributed by atoms with Gasteiger partial charge in [-0.2, -0.15) is 8.42 Å². The molecule has 0 fully saturated rings. The average molecular weight is 407 g/mol. The highest BCUT2D eigenvalue weighted by Crippen LogP contribution is 2.17. The predicted molar refractivity (Wildman–Crippen MR) is 103 cm³/mol. The maximum absolute atomic E-state index is 11.8. The zero-order chi connectivity index (χ0) is 19.3. The first-order chi connectivity index (χ1) is 12.5. The van der Waals surface area contributed by atoms with Crippen molar-refractivity contribution >= 4 is 33.6 Å². The molecule has 9 heteroatoms. The Hall–Kier alpha value is -1.67. The van der Waals surface area contributed by atoms with Crippen molar-refractivity contribution in [2.45, 2.75) is 45.4 Å². The summed E-state index contributed by atoms with van der Waals surface area (Å²) in [6.45, 7) is 2.74. The first kappa shape index (κ1) is 22.4. The van der Waals surface area contributed by atoms with E-state index < -0.39 is 16.3 Å². The van der Waals surface area contributed by atoms with Crippen molar-refractivity contribution in [3.63, 3.8) is 0 Å². The smallest absolute Gasteiger partial charge is 0.422 e. The van der Waals surface area contributed by atoms with Gasteiger partial charge in [0, 0.05) is 0 Å². The molecule has 0 atom stereocenters. The van der Waals surface area contributed by atoms with Crippen LogP contribution in [0.5, 0.6) is 5.75 Å². The monoisotopic (exact) mass is 406 g/mol. The molecule has 0 radical (unpaired) electrons. The summed E-state index contributed by atoms with van der Waals surface area (Å²) < 4.78 is 37.7. The normalized spacial score (nSPS) is 11.0. The lowest BCUT2D eigenvalue weighted by Crippen LogP contribution is -2.36. The third-order valence-electron chi connectivity index (χ3n) is 3.40. The minimum Gasteiger partial charge on any atom is -0.494 e. The average Bonchev–Trinajstić information content (AvgIpc) is 2.60. The molecule has 1 aromatic rings. The number of nitrogens with one attached hydrogen (secondary N) is 2. The van der Waals surface area contributed by atoms with Crippen LogP contribution in [0.15, 0.2) is 24.3 Å². The summed E-state index contributed by atoms with van der Waals surface area (Å²) in [6.07, 6.45) is 6.04. The number of hydrogen-bond acceptors (Lipinski definition) is 5. The number of carbonyl (C=O) groups is 1. The number of ether oxygens (including phenoxy) is 2. The van der Waals surface area contributed by atoms with Gasteiger partial charge in [-0.3, -0.25) is 4.72 Å². The molecule has 2 N–H and O–H groups in total. The molecule has 1 amide bonds. The molecular weight excluding hydrogens is 380 g/mol. The van der Waals surface area contributed by atoms with Crippen LogP contribution in [0.3, 0.4) is 0 Å². The second-order valence-electron chi connectivity index (χ2n) is 5.67. The van der Waals surface area contributed by atoms with Crippen molar-refractivity contribution in [3.8, 4) is 5.75 Å². The molecule has 0 aliphatic heterocycles. The molecule has 1 rings (SSSR count). The summed E-state index contributed by atoms with van der Waals surface area (Å²) in [5, 5.41) is 0. The minimum atomic E-state index is -4.07. The van der Waals surface area contributed by atoms with E-state index in [0.717, 1.165) is 12.8 Å². The fraction of sp³-hybridized carbons (Fsp3) is 0.588. The Balaban J connectivity index is 2.34. The van der Waals surface area contributed by atoms with E-state index in [0.29, 0.717) is 18.0 Å². The summed E-state index contributed by atoms with van der Waals surface area (Å²) in [5.74, 6) is 0.747. The lowest BCUT2D eigenvalue weighted by Gasteiger charge is -2.10. The van der Waals surface area contributed by atoms with Gasteiger partial charge < -0.3 is 9.47 Å². The van der Waals surface area contributed by atoms with Crippen LogP contribution in [0.25, 0.3) is 0 Å². The van der Waals surface area contributed by atoms with E-state index in [1.165, 1.54) is 25.7 Å². The number of benzene rings is 1. The quantitative estimate of drug-likeness (QED) is 0.380. The summed E-state index contributed by atoms with van der Waals surface area (Å²) in [7, 11) is -4.07. The Morgan fingerprint density at radius 3 is 2.35 bits per heavy atom. The zero-order valence-electron chi connectivity index (χ0n) is 15.0. The molecule has 0 saturated carbocycles. The van der Waals surface area contributed by atoms with Gasteiger partial charge in [0.2, 0.25) is 0 Å². The lowest BCUT2D eigenvalue weighted by molar-refractivity contribution is 0.159. The Morgan fingerprint density at radius 1 is 1.04 bits per heavy atom. The molecule has 0 heterocycles. The van der Waals surface area contributed by atoms with Gasteiger partial charge in [0.05, 0.1) is 18.2 Å². The summed E-state index contributed by atoms with van der Waals surface area (Å²) >= 11 is 5.35. The predicted octanol–water partition coefficient (Wildman–Crippen LogP) is 4.05. The Bertz CT molecular complexity index is 623. The molecule has 0 unspecified atom stereocenters. The van der Waals surface area contributed by atoms with E-state index in [4.69, 9.17) is 16.3 Å². The Morgan fingerprint density at radius 2 is 1.69 bits per heavy atom. The molecule has 0 aliphatic carbocycles. The highest BCUT2D eigenvalue weighted by Gasteiger charge is 2.15. The SMILES string of the molecule is CCCCCCCCOc1ccc(NS(=O)(=O)NC(=O)OCCCl)cc1. The van der Waals surface area contributed by atoms with Gasteiger partial charge in [0.15, 0.2) is 0 Å². The van der Waals surface area contributed by atoms with Gasteiger partial charge in [-0.15, -0.1) is 11.6 Å². The number of anilines is 1. The molecule has 148 valence electrons.